The summed E-state index contributed by atoms with van der Waals surface area (Å²) in [6.07, 6.45) is 2.22. The van der Waals surface area contributed by atoms with Crippen molar-refractivity contribution in [3.63, 3.8) is 0 Å². The Morgan fingerprint density at radius 2 is 2.18 bits per heavy atom. The van der Waals surface area contributed by atoms with Gasteiger partial charge in [-0.2, -0.15) is 0 Å². The number of esters is 1. The molecule has 0 aliphatic carbocycles. The highest BCUT2D eigenvalue weighted by Gasteiger charge is 2.08. The summed E-state index contributed by atoms with van der Waals surface area (Å²) in [6, 6.07) is 9.13. The Hall–Kier alpha value is -2.26. The Morgan fingerprint density at radius 3 is 2.76 bits per heavy atom. The molecule has 0 unspecified atom stereocenters. The van der Waals surface area contributed by atoms with Gasteiger partial charge in [-0.25, -0.2) is 4.79 Å². The molecular weight excluding hydrogens is 218 g/mol. The van der Waals surface area contributed by atoms with E-state index in [-0.39, 0.29) is 5.70 Å². The molecule has 0 aromatic heterocycles. The van der Waals surface area contributed by atoms with Gasteiger partial charge in [0.2, 0.25) is 0 Å². The van der Waals surface area contributed by atoms with Crippen molar-refractivity contribution in [3.05, 3.63) is 52.0 Å². The van der Waals surface area contributed by atoms with Gasteiger partial charge < -0.3 is 4.74 Å². The lowest BCUT2D eigenvalue weighted by Crippen LogP contribution is -2.06. The van der Waals surface area contributed by atoms with Crippen LogP contribution in [0.5, 0.6) is 0 Å². The third kappa shape index (κ3) is 4.40. The second-order valence-corrected chi connectivity index (χ2v) is 3.27. The molecule has 17 heavy (non-hydrogen) atoms. The first kappa shape index (κ1) is 12.8. The smallest absolute Gasteiger partial charge is 0.340 e. The maximum atomic E-state index is 11.5. The molecule has 0 amide bonds. The van der Waals surface area contributed by atoms with Gasteiger partial charge >= 0.3 is 5.97 Å². The van der Waals surface area contributed by atoms with E-state index in [9.17, 15) is 4.79 Å². The van der Waals surface area contributed by atoms with Crippen LogP contribution in [0.25, 0.3) is 16.5 Å². The summed E-state index contributed by atoms with van der Waals surface area (Å²) in [7, 11) is 0. The van der Waals surface area contributed by atoms with Crippen LogP contribution in [0, 0.1) is 0 Å². The Balaban J connectivity index is 2.89. The van der Waals surface area contributed by atoms with Crippen LogP contribution in [0.15, 0.2) is 41.1 Å². The average Bonchev–Trinajstić information content (AvgIpc) is 2.36. The number of nitrogens with zero attached hydrogens (tertiary/aromatic N) is 3. The first-order chi connectivity index (χ1) is 8.27. The molecule has 0 heterocycles. The van der Waals surface area contributed by atoms with E-state index in [1.807, 2.05) is 25.1 Å². The van der Waals surface area contributed by atoms with E-state index >= 15 is 0 Å². The number of ether oxygens (including phenoxy) is 1. The monoisotopic (exact) mass is 231 g/mol. The highest BCUT2D eigenvalue weighted by Crippen LogP contribution is 2.09. The maximum Gasteiger partial charge on any atom is 0.340 e. The zero-order valence-corrected chi connectivity index (χ0v) is 9.54. The third-order valence-electron chi connectivity index (χ3n) is 1.90. The molecule has 0 radical (unpaired) electrons. The molecule has 5 heteroatoms. The van der Waals surface area contributed by atoms with Gasteiger partial charge in [-0.1, -0.05) is 42.4 Å². The quantitative estimate of drug-likeness (QED) is 0.256. The first-order valence-corrected chi connectivity index (χ1v) is 5.27. The van der Waals surface area contributed by atoms with Crippen LogP contribution >= 0.6 is 0 Å². The fraction of sp³-hybridized carbons (Fsp3) is 0.250. The summed E-state index contributed by atoms with van der Waals surface area (Å²) in [5.41, 5.74) is 9.14. The number of benzene rings is 1. The molecule has 5 nitrogen and oxygen atoms in total. The van der Waals surface area contributed by atoms with E-state index in [0.29, 0.717) is 6.61 Å². The standard InChI is InChI=1S/C12H13N3O2/c1-2-8-17-12(16)11(14-15-13)9-10-6-4-3-5-7-10/h3-7,9H,2,8H2,1H3. The van der Waals surface area contributed by atoms with Crippen molar-refractivity contribution in [2.24, 2.45) is 5.11 Å². The maximum absolute atomic E-state index is 11.5. The number of hydrogen-bond acceptors (Lipinski definition) is 3. The lowest BCUT2D eigenvalue weighted by atomic mass is 10.2. The zero-order chi connectivity index (χ0) is 12.5. The molecule has 0 fully saturated rings. The molecule has 1 rings (SSSR count). The van der Waals surface area contributed by atoms with Crippen molar-refractivity contribution >= 4 is 12.0 Å². The molecule has 0 atom stereocenters. The molecule has 1 aromatic rings. The van der Waals surface area contributed by atoms with E-state index in [1.165, 1.54) is 6.08 Å². The SMILES string of the molecule is CCCOC(=O)C(=Cc1ccccc1)N=[N+]=[N-]. The van der Waals surface area contributed by atoms with Crippen molar-refractivity contribution in [2.75, 3.05) is 6.61 Å². The summed E-state index contributed by atoms with van der Waals surface area (Å²) in [6.45, 7) is 2.20. The van der Waals surface area contributed by atoms with Crippen LogP contribution in [0.2, 0.25) is 0 Å². The number of carbonyl (C=O) groups is 1. The topological polar surface area (TPSA) is 75.1 Å². The fourth-order valence-electron chi connectivity index (χ4n) is 1.15. The van der Waals surface area contributed by atoms with E-state index < -0.39 is 5.97 Å². The summed E-state index contributed by atoms with van der Waals surface area (Å²) in [5.74, 6) is -0.603. The molecule has 88 valence electrons. The van der Waals surface area contributed by atoms with Gasteiger partial charge in [0, 0.05) is 4.91 Å². The lowest BCUT2D eigenvalue weighted by Gasteiger charge is -2.02. The predicted octanol–water partition coefficient (Wildman–Crippen LogP) is 3.29. The molecule has 0 bridgehead atoms. The summed E-state index contributed by atoms with van der Waals surface area (Å²) < 4.78 is 4.91. The van der Waals surface area contributed by atoms with Gasteiger partial charge in [0.15, 0.2) is 0 Å². The van der Waals surface area contributed by atoms with Gasteiger partial charge in [0.05, 0.1) is 6.61 Å². The van der Waals surface area contributed by atoms with Crippen LogP contribution in [0.1, 0.15) is 18.9 Å². The van der Waals surface area contributed by atoms with Crippen LogP contribution in [-0.2, 0) is 9.53 Å². The molecule has 0 aliphatic heterocycles. The number of carbonyl (C=O) groups excluding carboxylic acids is 1. The zero-order valence-electron chi connectivity index (χ0n) is 9.54. The largest absolute Gasteiger partial charge is 0.462 e. The molecule has 0 saturated heterocycles. The van der Waals surface area contributed by atoms with E-state index in [0.717, 1.165) is 12.0 Å². The minimum atomic E-state index is -0.603. The van der Waals surface area contributed by atoms with Gasteiger partial charge in [-0.05, 0) is 23.6 Å². The van der Waals surface area contributed by atoms with E-state index in [1.54, 1.807) is 12.1 Å². The summed E-state index contributed by atoms with van der Waals surface area (Å²) >= 11 is 0. The van der Waals surface area contributed by atoms with E-state index in [4.69, 9.17) is 10.3 Å². The molecule has 0 saturated carbocycles. The average molecular weight is 231 g/mol. The van der Waals surface area contributed by atoms with Crippen molar-refractivity contribution in [1.82, 2.24) is 0 Å². The Labute approximate surface area is 99.3 Å². The molecule has 0 N–H and O–H groups in total. The Kier molecular flexibility index (Phi) is 5.34. The molecule has 1 aromatic carbocycles. The van der Waals surface area contributed by atoms with Crippen LogP contribution in [0.4, 0.5) is 0 Å². The van der Waals surface area contributed by atoms with Crippen LogP contribution in [0.3, 0.4) is 0 Å². The van der Waals surface area contributed by atoms with Gasteiger partial charge in [0.25, 0.3) is 0 Å². The normalized spacial score (nSPS) is 10.5. The highest BCUT2D eigenvalue weighted by molar-refractivity contribution is 5.93. The predicted molar refractivity (Wildman–Crippen MR) is 64.8 cm³/mol. The first-order valence-electron chi connectivity index (χ1n) is 5.27. The minimum Gasteiger partial charge on any atom is -0.462 e. The fourth-order valence-corrected chi connectivity index (χ4v) is 1.15. The van der Waals surface area contributed by atoms with Gasteiger partial charge in [0.1, 0.15) is 5.70 Å². The number of azide groups is 1. The van der Waals surface area contributed by atoms with Crippen molar-refractivity contribution < 1.29 is 9.53 Å². The van der Waals surface area contributed by atoms with Crippen molar-refractivity contribution in [2.45, 2.75) is 13.3 Å². The lowest BCUT2D eigenvalue weighted by molar-refractivity contribution is -0.138. The van der Waals surface area contributed by atoms with Crippen molar-refractivity contribution in [3.8, 4) is 0 Å². The Morgan fingerprint density at radius 1 is 1.47 bits per heavy atom. The van der Waals surface area contributed by atoms with Crippen molar-refractivity contribution in [1.29, 1.82) is 0 Å². The van der Waals surface area contributed by atoms with Gasteiger partial charge in [-0.15, -0.1) is 0 Å². The molecule has 0 aliphatic rings. The summed E-state index contributed by atoms with van der Waals surface area (Å²) in [5, 5.41) is 3.34. The third-order valence-corrected chi connectivity index (χ3v) is 1.90. The van der Waals surface area contributed by atoms with Crippen LogP contribution < -0.4 is 0 Å². The highest BCUT2D eigenvalue weighted by atomic mass is 16.5. The molecule has 0 spiro atoms. The molecular formula is C12H13N3O2. The second-order valence-electron chi connectivity index (χ2n) is 3.27. The second kappa shape index (κ2) is 7.09. The number of hydrogen-bond donors (Lipinski definition) is 0. The minimum absolute atomic E-state index is 0.0350. The van der Waals surface area contributed by atoms with Gasteiger partial charge in [-0.3, -0.25) is 0 Å². The van der Waals surface area contributed by atoms with E-state index in [2.05, 4.69) is 10.0 Å². The van der Waals surface area contributed by atoms with Crippen LogP contribution in [-0.4, -0.2) is 12.6 Å². The Bertz CT molecular complexity index is 448. The summed E-state index contributed by atoms with van der Waals surface area (Å²) in [4.78, 5) is 14.2. The number of rotatable bonds is 5.